The molecule has 1 N–H and O–H groups in total. The molecule has 3 aromatic rings. The number of ether oxygens (including phenoxy) is 1. The molecule has 0 saturated heterocycles. The zero-order valence-electron chi connectivity index (χ0n) is 16.1. The Morgan fingerprint density at radius 2 is 2.00 bits per heavy atom. The van der Waals surface area contributed by atoms with Gasteiger partial charge in [0.15, 0.2) is 11.0 Å². The minimum absolute atomic E-state index is 0.0250. The van der Waals surface area contributed by atoms with Gasteiger partial charge in [-0.1, -0.05) is 24.8 Å². The molecule has 0 fully saturated rings. The maximum absolute atomic E-state index is 12.2. The van der Waals surface area contributed by atoms with E-state index in [0.717, 1.165) is 17.9 Å². The summed E-state index contributed by atoms with van der Waals surface area (Å²) in [6.45, 7) is 4.03. The molecule has 28 heavy (non-hydrogen) atoms. The van der Waals surface area contributed by atoms with E-state index in [4.69, 9.17) is 4.74 Å². The molecule has 1 amide bonds. The summed E-state index contributed by atoms with van der Waals surface area (Å²) in [6, 6.07) is 13.4. The smallest absolute Gasteiger partial charge is 0.230 e. The van der Waals surface area contributed by atoms with Crippen LogP contribution in [0.3, 0.4) is 0 Å². The number of aromatic nitrogens is 4. The first-order valence-electron chi connectivity index (χ1n) is 9.05. The molecular weight excluding hydrogens is 374 g/mol. The van der Waals surface area contributed by atoms with E-state index in [0.29, 0.717) is 16.7 Å². The molecule has 2 aromatic heterocycles. The summed E-state index contributed by atoms with van der Waals surface area (Å²) < 4.78 is 7.15. The van der Waals surface area contributed by atoms with Crippen LogP contribution in [0.1, 0.15) is 20.3 Å². The number of hydrogen-bond donors (Lipinski definition) is 1. The van der Waals surface area contributed by atoms with Crippen molar-refractivity contribution >= 4 is 17.7 Å². The Hall–Kier alpha value is -2.87. The maximum atomic E-state index is 12.2. The Kier molecular flexibility index (Phi) is 6.65. The van der Waals surface area contributed by atoms with Crippen LogP contribution in [0, 0.1) is 0 Å². The van der Waals surface area contributed by atoms with Gasteiger partial charge in [-0.25, -0.2) is 0 Å². The van der Waals surface area contributed by atoms with Gasteiger partial charge >= 0.3 is 0 Å². The van der Waals surface area contributed by atoms with Gasteiger partial charge in [0.05, 0.1) is 18.6 Å². The van der Waals surface area contributed by atoms with E-state index >= 15 is 0 Å². The summed E-state index contributed by atoms with van der Waals surface area (Å²) in [5.41, 5.74) is 1.58. The van der Waals surface area contributed by atoms with E-state index in [1.54, 1.807) is 13.3 Å². The molecular formula is C20H23N5O2S. The summed E-state index contributed by atoms with van der Waals surface area (Å²) in [6.07, 6.45) is 2.61. The lowest BCUT2D eigenvalue weighted by Crippen LogP contribution is -2.33. The van der Waals surface area contributed by atoms with Gasteiger partial charge in [-0.15, -0.1) is 10.2 Å². The zero-order chi connectivity index (χ0) is 19.9. The third kappa shape index (κ3) is 4.69. The molecule has 146 valence electrons. The third-order valence-corrected chi connectivity index (χ3v) is 5.14. The summed E-state index contributed by atoms with van der Waals surface area (Å²) in [7, 11) is 1.63. The first kappa shape index (κ1) is 19.9. The number of thioether (sulfide) groups is 1. The van der Waals surface area contributed by atoms with Gasteiger partial charge in [0.1, 0.15) is 11.4 Å². The molecule has 3 rings (SSSR count). The normalized spacial score (nSPS) is 11.8. The van der Waals surface area contributed by atoms with Crippen LogP contribution in [-0.4, -0.2) is 44.6 Å². The van der Waals surface area contributed by atoms with Crippen LogP contribution in [-0.2, 0) is 4.79 Å². The zero-order valence-corrected chi connectivity index (χ0v) is 16.9. The average molecular weight is 398 g/mol. The van der Waals surface area contributed by atoms with Crippen LogP contribution in [0.4, 0.5) is 0 Å². The number of methoxy groups -OCH3 is 1. The SMILES string of the molecule is CCC(C)NC(=O)CSc1nnc(-c2ccccn2)n1-c1ccc(OC)cc1. The molecule has 0 aliphatic heterocycles. The highest BCUT2D eigenvalue weighted by atomic mass is 32.2. The van der Waals surface area contributed by atoms with Gasteiger partial charge in [-0.05, 0) is 49.7 Å². The molecule has 7 nitrogen and oxygen atoms in total. The van der Waals surface area contributed by atoms with Crippen molar-refractivity contribution in [2.45, 2.75) is 31.5 Å². The van der Waals surface area contributed by atoms with Gasteiger partial charge in [-0.2, -0.15) is 0 Å². The minimum atomic E-state index is -0.0250. The molecule has 0 aliphatic carbocycles. The largest absolute Gasteiger partial charge is 0.497 e. The molecule has 1 unspecified atom stereocenters. The fourth-order valence-corrected chi connectivity index (χ4v) is 3.30. The Labute approximate surface area is 168 Å². The molecule has 0 spiro atoms. The predicted molar refractivity (Wildman–Crippen MR) is 110 cm³/mol. The number of pyridine rings is 1. The maximum Gasteiger partial charge on any atom is 0.230 e. The summed E-state index contributed by atoms with van der Waals surface area (Å²) in [4.78, 5) is 16.6. The van der Waals surface area contributed by atoms with Crippen molar-refractivity contribution in [3.8, 4) is 23.0 Å². The van der Waals surface area contributed by atoms with Gasteiger partial charge in [0.2, 0.25) is 5.91 Å². The van der Waals surface area contributed by atoms with Crippen molar-refractivity contribution in [1.29, 1.82) is 0 Å². The number of benzene rings is 1. The van der Waals surface area contributed by atoms with Crippen LogP contribution in [0.2, 0.25) is 0 Å². The topological polar surface area (TPSA) is 81.9 Å². The lowest BCUT2D eigenvalue weighted by molar-refractivity contribution is -0.119. The lowest BCUT2D eigenvalue weighted by atomic mass is 10.3. The van der Waals surface area contributed by atoms with Crippen molar-refractivity contribution in [3.05, 3.63) is 48.7 Å². The van der Waals surface area contributed by atoms with E-state index in [-0.39, 0.29) is 17.7 Å². The lowest BCUT2D eigenvalue weighted by Gasteiger charge is -2.12. The molecule has 0 aliphatic rings. The predicted octanol–water partition coefficient (Wildman–Crippen LogP) is 3.34. The number of carbonyl (C=O) groups excluding carboxylic acids is 1. The number of rotatable bonds is 8. The van der Waals surface area contributed by atoms with Crippen molar-refractivity contribution in [1.82, 2.24) is 25.1 Å². The molecule has 8 heteroatoms. The fraction of sp³-hybridized carbons (Fsp3) is 0.300. The number of nitrogens with one attached hydrogen (secondary N) is 1. The van der Waals surface area contributed by atoms with E-state index in [1.807, 2.05) is 60.9 Å². The summed E-state index contributed by atoms with van der Waals surface area (Å²) in [5.74, 6) is 1.62. The Bertz CT molecular complexity index is 912. The Morgan fingerprint density at radius 3 is 2.64 bits per heavy atom. The molecule has 1 atom stereocenters. The highest BCUT2D eigenvalue weighted by molar-refractivity contribution is 7.99. The number of carbonyl (C=O) groups is 1. The average Bonchev–Trinajstić information content (AvgIpc) is 3.16. The van der Waals surface area contributed by atoms with Crippen LogP contribution >= 0.6 is 11.8 Å². The second kappa shape index (κ2) is 9.36. The van der Waals surface area contributed by atoms with Gasteiger partial charge in [0, 0.05) is 12.2 Å². The van der Waals surface area contributed by atoms with E-state index < -0.39 is 0 Å². The molecule has 0 radical (unpaired) electrons. The summed E-state index contributed by atoms with van der Waals surface area (Å²) >= 11 is 1.35. The molecule has 1 aromatic carbocycles. The highest BCUT2D eigenvalue weighted by Crippen LogP contribution is 2.27. The second-order valence-corrected chi connectivity index (χ2v) is 7.16. The van der Waals surface area contributed by atoms with Crippen LogP contribution in [0.5, 0.6) is 5.75 Å². The van der Waals surface area contributed by atoms with E-state index in [9.17, 15) is 4.79 Å². The Morgan fingerprint density at radius 1 is 1.21 bits per heavy atom. The first-order chi connectivity index (χ1) is 13.6. The third-order valence-electron chi connectivity index (χ3n) is 4.21. The summed E-state index contributed by atoms with van der Waals surface area (Å²) in [5, 5.41) is 12.2. The van der Waals surface area contributed by atoms with Crippen molar-refractivity contribution < 1.29 is 9.53 Å². The van der Waals surface area contributed by atoms with Crippen LogP contribution in [0.25, 0.3) is 17.2 Å². The van der Waals surface area contributed by atoms with Gasteiger partial charge < -0.3 is 10.1 Å². The highest BCUT2D eigenvalue weighted by Gasteiger charge is 2.18. The fourth-order valence-electron chi connectivity index (χ4n) is 2.54. The van der Waals surface area contributed by atoms with Gasteiger partial charge in [0.25, 0.3) is 0 Å². The standard InChI is InChI=1S/C20H23N5O2S/c1-4-14(2)22-18(26)13-28-20-24-23-19(17-7-5-6-12-21-17)25(20)15-8-10-16(27-3)11-9-15/h5-12,14H,4,13H2,1-3H3,(H,22,26). The number of hydrogen-bond acceptors (Lipinski definition) is 6. The number of amides is 1. The number of nitrogens with zero attached hydrogens (tertiary/aromatic N) is 4. The Balaban J connectivity index is 1.91. The molecule has 0 bridgehead atoms. The monoisotopic (exact) mass is 397 g/mol. The second-order valence-electron chi connectivity index (χ2n) is 6.22. The quantitative estimate of drug-likeness (QED) is 0.587. The van der Waals surface area contributed by atoms with Crippen LogP contribution < -0.4 is 10.1 Å². The van der Waals surface area contributed by atoms with Gasteiger partial charge in [-0.3, -0.25) is 14.3 Å². The molecule has 2 heterocycles. The molecule has 0 saturated carbocycles. The minimum Gasteiger partial charge on any atom is -0.497 e. The first-order valence-corrected chi connectivity index (χ1v) is 10.0. The van der Waals surface area contributed by atoms with E-state index in [1.165, 1.54) is 11.8 Å². The van der Waals surface area contributed by atoms with Crippen molar-refractivity contribution in [3.63, 3.8) is 0 Å². The van der Waals surface area contributed by atoms with E-state index in [2.05, 4.69) is 20.5 Å². The van der Waals surface area contributed by atoms with Crippen LogP contribution in [0.15, 0.2) is 53.8 Å². The van der Waals surface area contributed by atoms with Crippen molar-refractivity contribution in [2.75, 3.05) is 12.9 Å². The van der Waals surface area contributed by atoms with Crippen molar-refractivity contribution in [2.24, 2.45) is 0 Å².